The van der Waals surface area contributed by atoms with E-state index in [0.29, 0.717) is 18.0 Å². The number of hydrogen-bond donors (Lipinski definition) is 2. The van der Waals surface area contributed by atoms with Crippen molar-refractivity contribution >= 4 is 5.91 Å². The second-order valence-corrected chi connectivity index (χ2v) is 7.50. The van der Waals surface area contributed by atoms with Gasteiger partial charge >= 0.3 is 0 Å². The first-order valence-corrected chi connectivity index (χ1v) is 8.45. The van der Waals surface area contributed by atoms with Gasteiger partial charge in [-0.1, -0.05) is 52.2 Å². The molecule has 2 rings (SSSR count). The van der Waals surface area contributed by atoms with Gasteiger partial charge in [-0.15, -0.1) is 0 Å². The summed E-state index contributed by atoms with van der Waals surface area (Å²) in [6.07, 6.45) is 5.41. The molecule has 122 valence electrons. The van der Waals surface area contributed by atoms with Gasteiger partial charge in [-0.2, -0.15) is 0 Å². The summed E-state index contributed by atoms with van der Waals surface area (Å²) in [6.45, 7) is 6.82. The van der Waals surface area contributed by atoms with Gasteiger partial charge in [0.05, 0.1) is 6.10 Å². The van der Waals surface area contributed by atoms with Crippen molar-refractivity contribution in [3.63, 3.8) is 0 Å². The molecule has 0 aromatic heterocycles. The molecule has 22 heavy (non-hydrogen) atoms. The van der Waals surface area contributed by atoms with E-state index < -0.39 is 6.10 Å². The Kier molecular flexibility index (Phi) is 5.63. The average Bonchev–Trinajstić information content (AvgIpc) is 2.52. The summed E-state index contributed by atoms with van der Waals surface area (Å²) in [5.41, 5.74) is 1.96. The molecule has 1 aliphatic rings. The number of hydrogen-bond acceptors (Lipinski definition) is 2. The first kappa shape index (κ1) is 17.0. The Balaban J connectivity index is 1.86. The standard InChI is InChI=1S/C19H29NO2/c1-19(2,3)16-11-9-15(10-12-16)18(22)20-13-17(21)14-7-5-4-6-8-14/h9-12,14,17,21H,4-8,13H2,1-3H3,(H,20,22)/t17-/m0/s1. The van der Waals surface area contributed by atoms with Crippen LogP contribution in [0, 0.1) is 5.92 Å². The number of benzene rings is 1. The van der Waals surface area contributed by atoms with Crippen LogP contribution in [0.15, 0.2) is 24.3 Å². The van der Waals surface area contributed by atoms with Crippen molar-refractivity contribution in [2.24, 2.45) is 5.92 Å². The van der Waals surface area contributed by atoms with Gasteiger partial charge in [0.2, 0.25) is 0 Å². The van der Waals surface area contributed by atoms with Crippen molar-refractivity contribution in [2.45, 2.75) is 64.4 Å². The molecular formula is C19H29NO2. The van der Waals surface area contributed by atoms with Crippen LogP contribution in [0.4, 0.5) is 0 Å². The SMILES string of the molecule is CC(C)(C)c1ccc(C(=O)NC[C@H](O)C2CCCCC2)cc1. The molecule has 0 heterocycles. The molecule has 1 saturated carbocycles. The quantitative estimate of drug-likeness (QED) is 0.892. The van der Waals surface area contributed by atoms with Crippen LogP contribution in [0.1, 0.15) is 68.8 Å². The van der Waals surface area contributed by atoms with Gasteiger partial charge in [-0.3, -0.25) is 4.79 Å². The van der Waals surface area contributed by atoms with Gasteiger partial charge in [0, 0.05) is 12.1 Å². The highest BCUT2D eigenvalue weighted by Gasteiger charge is 2.22. The molecule has 1 aliphatic carbocycles. The molecule has 1 amide bonds. The molecule has 1 fully saturated rings. The highest BCUT2D eigenvalue weighted by atomic mass is 16.3. The summed E-state index contributed by atoms with van der Waals surface area (Å²) in [5, 5.41) is 13.1. The number of aliphatic hydroxyl groups is 1. The third-order valence-electron chi connectivity index (χ3n) is 4.68. The summed E-state index contributed by atoms with van der Waals surface area (Å²) in [4.78, 5) is 12.2. The van der Waals surface area contributed by atoms with E-state index in [1.54, 1.807) is 0 Å². The van der Waals surface area contributed by atoms with Crippen LogP contribution in [0.5, 0.6) is 0 Å². The molecule has 0 radical (unpaired) electrons. The predicted octanol–water partition coefficient (Wildman–Crippen LogP) is 3.66. The minimum atomic E-state index is -0.418. The number of nitrogens with one attached hydrogen (secondary N) is 1. The fraction of sp³-hybridized carbons (Fsp3) is 0.632. The molecule has 3 heteroatoms. The summed E-state index contributed by atoms with van der Waals surface area (Å²) < 4.78 is 0. The zero-order valence-electron chi connectivity index (χ0n) is 14.1. The van der Waals surface area contributed by atoms with Gasteiger partial charge in [0.1, 0.15) is 0 Å². The van der Waals surface area contributed by atoms with E-state index in [1.165, 1.54) is 24.8 Å². The molecule has 1 aromatic carbocycles. The van der Waals surface area contributed by atoms with E-state index in [4.69, 9.17) is 0 Å². The van der Waals surface area contributed by atoms with E-state index in [9.17, 15) is 9.90 Å². The molecule has 0 unspecified atom stereocenters. The van der Waals surface area contributed by atoms with Gasteiger partial charge in [0.15, 0.2) is 0 Å². The van der Waals surface area contributed by atoms with Gasteiger partial charge < -0.3 is 10.4 Å². The second kappa shape index (κ2) is 7.28. The van der Waals surface area contributed by atoms with Crippen molar-refractivity contribution in [3.05, 3.63) is 35.4 Å². The summed E-state index contributed by atoms with van der Waals surface area (Å²) in [7, 11) is 0. The second-order valence-electron chi connectivity index (χ2n) is 7.50. The van der Waals surface area contributed by atoms with E-state index >= 15 is 0 Å². The number of carbonyl (C=O) groups is 1. The first-order valence-electron chi connectivity index (χ1n) is 8.45. The van der Waals surface area contributed by atoms with Gasteiger partial charge in [-0.25, -0.2) is 0 Å². The van der Waals surface area contributed by atoms with E-state index in [1.807, 2.05) is 24.3 Å². The maximum atomic E-state index is 12.2. The lowest BCUT2D eigenvalue weighted by molar-refractivity contribution is 0.0738. The van der Waals surface area contributed by atoms with Crippen LogP contribution in [0.2, 0.25) is 0 Å². The maximum absolute atomic E-state index is 12.2. The molecule has 0 aliphatic heterocycles. The predicted molar refractivity (Wildman–Crippen MR) is 90.1 cm³/mol. The average molecular weight is 303 g/mol. The molecule has 0 spiro atoms. The van der Waals surface area contributed by atoms with Crippen molar-refractivity contribution in [3.8, 4) is 0 Å². The number of amides is 1. The number of carbonyl (C=O) groups excluding carboxylic acids is 1. The highest BCUT2D eigenvalue weighted by molar-refractivity contribution is 5.94. The Morgan fingerprint density at radius 3 is 2.32 bits per heavy atom. The summed E-state index contributed by atoms with van der Waals surface area (Å²) in [5.74, 6) is 0.243. The molecule has 3 nitrogen and oxygen atoms in total. The lowest BCUT2D eigenvalue weighted by Gasteiger charge is -2.26. The summed E-state index contributed by atoms with van der Waals surface area (Å²) >= 11 is 0. The molecule has 0 saturated heterocycles. The zero-order valence-corrected chi connectivity index (χ0v) is 14.1. The van der Waals surface area contributed by atoms with Crippen LogP contribution in [0.3, 0.4) is 0 Å². The Morgan fingerprint density at radius 1 is 1.18 bits per heavy atom. The van der Waals surface area contributed by atoms with Gasteiger partial charge in [0.25, 0.3) is 5.91 Å². The van der Waals surface area contributed by atoms with E-state index in [0.717, 1.165) is 12.8 Å². The molecule has 0 bridgehead atoms. The maximum Gasteiger partial charge on any atom is 0.251 e. The smallest absolute Gasteiger partial charge is 0.251 e. The molecule has 1 aromatic rings. The lowest BCUT2D eigenvalue weighted by Crippen LogP contribution is -2.37. The molecule has 2 N–H and O–H groups in total. The number of aliphatic hydroxyl groups excluding tert-OH is 1. The van der Waals surface area contributed by atoms with Gasteiger partial charge in [-0.05, 0) is 41.9 Å². The third kappa shape index (κ3) is 4.57. The van der Waals surface area contributed by atoms with Crippen molar-refractivity contribution in [1.82, 2.24) is 5.32 Å². The first-order chi connectivity index (χ1) is 10.4. The normalized spacial score (nSPS) is 18.0. The summed E-state index contributed by atoms with van der Waals surface area (Å²) in [6, 6.07) is 7.74. The monoisotopic (exact) mass is 303 g/mol. The van der Waals surface area contributed by atoms with E-state index in [-0.39, 0.29) is 11.3 Å². The highest BCUT2D eigenvalue weighted by Crippen LogP contribution is 2.26. The van der Waals surface area contributed by atoms with Crippen molar-refractivity contribution in [1.29, 1.82) is 0 Å². The fourth-order valence-corrected chi connectivity index (χ4v) is 3.11. The fourth-order valence-electron chi connectivity index (χ4n) is 3.11. The van der Waals surface area contributed by atoms with Crippen LogP contribution < -0.4 is 5.32 Å². The topological polar surface area (TPSA) is 49.3 Å². The number of rotatable bonds is 4. The van der Waals surface area contributed by atoms with E-state index in [2.05, 4.69) is 26.1 Å². The Hall–Kier alpha value is -1.35. The Bertz CT molecular complexity index is 481. The molecule has 1 atom stereocenters. The van der Waals surface area contributed by atoms with Crippen LogP contribution in [0.25, 0.3) is 0 Å². The van der Waals surface area contributed by atoms with Crippen LogP contribution in [-0.4, -0.2) is 23.7 Å². The van der Waals surface area contributed by atoms with Crippen LogP contribution in [-0.2, 0) is 5.41 Å². The Morgan fingerprint density at radius 2 is 1.77 bits per heavy atom. The largest absolute Gasteiger partial charge is 0.391 e. The van der Waals surface area contributed by atoms with Crippen molar-refractivity contribution in [2.75, 3.05) is 6.54 Å². The minimum absolute atomic E-state index is 0.0895. The third-order valence-corrected chi connectivity index (χ3v) is 4.68. The minimum Gasteiger partial charge on any atom is -0.391 e. The van der Waals surface area contributed by atoms with Crippen LogP contribution >= 0.6 is 0 Å². The molecular weight excluding hydrogens is 274 g/mol. The Labute approximate surface area is 134 Å². The lowest BCUT2D eigenvalue weighted by atomic mass is 9.85. The van der Waals surface area contributed by atoms with Crippen molar-refractivity contribution < 1.29 is 9.90 Å². The zero-order chi connectivity index (χ0) is 16.2.